The van der Waals surface area contributed by atoms with Gasteiger partial charge in [-0.15, -0.1) is 0 Å². The van der Waals surface area contributed by atoms with Crippen molar-refractivity contribution in [2.24, 2.45) is 5.92 Å². The van der Waals surface area contributed by atoms with E-state index in [4.69, 9.17) is 4.74 Å². The quantitative estimate of drug-likeness (QED) is 0.562. The maximum atomic E-state index is 14.9. The first-order valence-electron chi connectivity index (χ1n) is 12.7. The molecular weight excluding hydrogens is 482 g/mol. The zero-order chi connectivity index (χ0) is 26.8. The normalized spacial score (nSPS) is 21.3. The lowest BCUT2D eigenvalue weighted by Crippen LogP contribution is -2.50. The fraction of sp³-hybridized carbons (Fsp3) is 0.556. The maximum Gasteiger partial charge on any atom is 0.329 e. The first kappa shape index (κ1) is 26.9. The fourth-order valence-electron chi connectivity index (χ4n) is 5.08. The average Bonchev–Trinajstić information content (AvgIpc) is 3.25. The number of hydrogen-bond acceptors (Lipinski definition) is 6. The fourth-order valence-corrected chi connectivity index (χ4v) is 5.08. The number of aliphatic carboxylic acids is 1. The smallest absolute Gasteiger partial charge is 0.329 e. The van der Waals surface area contributed by atoms with Crippen LogP contribution in [0.3, 0.4) is 0 Å². The van der Waals surface area contributed by atoms with Crippen LogP contribution < -0.4 is 4.74 Å². The van der Waals surface area contributed by atoms with Crippen molar-refractivity contribution in [3.63, 3.8) is 0 Å². The van der Waals surface area contributed by atoms with Crippen molar-refractivity contribution in [2.45, 2.75) is 57.7 Å². The Kier molecular flexibility index (Phi) is 7.77. The van der Waals surface area contributed by atoms with Gasteiger partial charge in [0.15, 0.2) is 11.6 Å². The molecule has 0 unspecified atom stereocenters. The van der Waals surface area contributed by atoms with Crippen LogP contribution >= 0.6 is 0 Å². The lowest BCUT2D eigenvalue weighted by molar-refractivity contribution is -0.147. The summed E-state index contributed by atoms with van der Waals surface area (Å²) in [6.45, 7) is 7.59. The molecule has 200 valence electrons. The van der Waals surface area contributed by atoms with Crippen LogP contribution in [0.25, 0.3) is 11.4 Å². The van der Waals surface area contributed by atoms with Crippen molar-refractivity contribution in [3.05, 3.63) is 42.0 Å². The number of carbonyl (C=O) groups excluding carboxylic acids is 1. The van der Waals surface area contributed by atoms with Gasteiger partial charge in [0.25, 0.3) is 5.91 Å². The number of nitrogens with zero attached hydrogens (tertiary/aromatic N) is 4. The molecule has 0 bridgehead atoms. The minimum absolute atomic E-state index is 0.181. The van der Waals surface area contributed by atoms with Crippen LogP contribution in [0.5, 0.6) is 5.75 Å². The summed E-state index contributed by atoms with van der Waals surface area (Å²) in [5.41, 5.74) is -2.33. The molecule has 1 aromatic carbocycles. The van der Waals surface area contributed by atoms with E-state index in [0.29, 0.717) is 43.2 Å². The number of hydrogen-bond donors (Lipinski definition) is 1. The highest BCUT2D eigenvalue weighted by atomic mass is 19.1. The molecule has 1 atom stereocenters. The van der Waals surface area contributed by atoms with Crippen LogP contribution in [0.4, 0.5) is 8.78 Å². The Labute approximate surface area is 215 Å². The predicted molar refractivity (Wildman–Crippen MR) is 134 cm³/mol. The first-order valence-corrected chi connectivity index (χ1v) is 12.7. The Morgan fingerprint density at radius 2 is 1.86 bits per heavy atom. The number of carboxylic acids is 1. The number of rotatable bonds is 8. The minimum atomic E-state index is -1.34. The molecule has 0 saturated carbocycles. The highest BCUT2D eigenvalue weighted by Gasteiger charge is 2.46. The Morgan fingerprint density at radius 1 is 1.19 bits per heavy atom. The molecule has 0 radical (unpaired) electrons. The van der Waals surface area contributed by atoms with E-state index >= 15 is 0 Å². The van der Waals surface area contributed by atoms with Crippen LogP contribution in [-0.2, 0) is 4.79 Å². The summed E-state index contributed by atoms with van der Waals surface area (Å²) in [5, 5.41) is 9.55. The zero-order valence-corrected chi connectivity index (χ0v) is 21.5. The average molecular weight is 517 g/mol. The minimum Gasteiger partial charge on any atom is -0.490 e. The van der Waals surface area contributed by atoms with Crippen LogP contribution in [0, 0.1) is 11.7 Å². The van der Waals surface area contributed by atoms with Gasteiger partial charge in [-0.3, -0.25) is 4.79 Å². The van der Waals surface area contributed by atoms with E-state index in [1.54, 1.807) is 19.9 Å². The highest BCUT2D eigenvalue weighted by Crippen LogP contribution is 2.32. The molecule has 3 heterocycles. The largest absolute Gasteiger partial charge is 0.490 e. The van der Waals surface area contributed by atoms with Crippen LogP contribution in [0.1, 0.15) is 56.8 Å². The van der Waals surface area contributed by atoms with Gasteiger partial charge in [-0.2, -0.15) is 0 Å². The molecule has 1 amide bonds. The first-order chi connectivity index (χ1) is 17.5. The number of alkyl halides is 1. The molecule has 4 rings (SSSR count). The number of carboxylic acid groups (broad SMARTS) is 1. The van der Waals surface area contributed by atoms with Crippen molar-refractivity contribution in [1.82, 2.24) is 19.8 Å². The molecule has 2 aliphatic rings. The van der Waals surface area contributed by atoms with E-state index in [9.17, 15) is 23.5 Å². The number of benzene rings is 1. The topological polar surface area (TPSA) is 95.9 Å². The van der Waals surface area contributed by atoms with E-state index in [0.717, 1.165) is 25.9 Å². The van der Waals surface area contributed by atoms with Crippen molar-refractivity contribution < 1.29 is 28.2 Å². The van der Waals surface area contributed by atoms with Crippen LogP contribution in [0.2, 0.25) is 0 Å². The van der Waals surface area contributed by atoms with Gasteiger partial charge in [0.1, 0.15) is 17.0 Å². The SMILES string of the molecule is CC(C)(F)CN1CCC(COc2cnc(-c3ccc(C(=O)N4CCC[C@@]4(C)C(=O)O)c(F)c3)nc2)CC1. The van der Waals surface area contributed by atoms with Gasteiger partial charge < -0.3 is 19.6 Å². The summed E-state index contributed by atoms with van der Waals surface area (Å²) in [4.78, 5) is 36.5. The second-order valence-electron chi connectivity index (χ2n) is 10.8. The third kappa shape index (κ3) is 6.23. The Hall–Kier alpha value is -3.14. The van der Waals surface area contributed by atoms with Gasteiger partial charge in [0.2, 0.25) is 0 Å². The summed E-state index contributed by atoms with van der Waals surface area (Å²) < 4.78 is 34.6. The molecular formula is C27H34F2N4O4. The second kappa shape index (κ2) is 10.7. The maximum absolute atomic E-state index is 14.9. The number of likely N-dealkylation sites (tertiary alicyclic amines) is 2. The van der Waals surface area contributed by atoms with Gasteiger partial charge in [0, 0.05) is 18.7 Å². The van der Waals surface area contributed by atoms with Crippen molar-refractivity contribution in [1.29, 1.82) is 0 Å². The van der Waals surface area contributed by atoms with E-state index in [1.807, 2.05) is 0 Å². The lowest BCUT2D eigenvalue weighted by atomic mass is 9.97. The van der Waals surface area contributed by atoms with Gasteiger partial charge in [-0.25, -0.2) is 23.5 Å². The van der Waals surface area contributed by atoms with Crippen molar-refractivity contribution in [3.8, 4) is 17.1 Å². The number of ether oxygens (including phenoxy) is 1. The van der Waals surface area contributed by atoms with Gasteiger partial charge in [-0.1, -0.05) is 6.07 Å². The second-order valence-corrected chi connectivity index (χ2v) is 10.8. The van der Waals surface area contributed by atoms with Crippen LogP contribution in [-0.4, -0.2) is 80.7 Å². The summed E-state index contributed by atoms with van der Waals surface area (Å²) >= 11 is 0. The van der Waals surface area contributed by atoms with E-state index < -0.39 is 28.9 Å². The van der Waals surface area contributed by atoms with Crippen molar-refractivity contribution in [2.75, 3.05) is 32.8 Å². The number of carbonyl (C=O) groups is 2. The molecule has 8 nitrogen and oxygen atoms in total. The molecule has 2 fully saturated rings. The molecule has 2 aliphatic heterocycles. The number of aromatic nitrogens is 2. The van der Waals surface area contributed by atoms with Crippen molar-refractivity contribution >= 4 is 11.9 Å². The standard InChI is InChI=1S/C27H34F2N4O4/c1-26(2,29)17-32-11-7-18(8-12-32)16-37-20-14-30-23(31-15-20)19-5-6-21(22(28)13-19)24(34)33-10-4-9-27(33,3)25(35)36/h5-6,13-15,18H,4,7-12,16-17H2,1-3H3,(H,35,36)/t27-/m0/s1. The number of halogens is 2. The van der Waals surface area contributed by atoms with E-state index in [-0.39, 0.29) is 17.9 Å². The zero-order valence-electron chi connectivity index (χ0n) is 21.5. The van der Waals surface area contributed by atoms with Gasteiger partial charge in [0.05, 0.1) is 24.6 Å². The van der Waals surface area contributed by atoms with Gasteiger partial charge >= 0.3 is 5.97 Å². The molecule has 10 heteroatoms. The predicted octanol–water partition coefficient (Wildman–Crippen LogP) is 4.20. The number of amides is 1. The molecule has 0 spiro atoms. The lowest BCUT2D eigenvalue weighted by Gasteiger charge is -2.34. The Morgan fingerprint density at radius 3 is 2.46 bits per heavy atom. The Balaban J connectivity index is 1.34. The summed E-state index contributed by atoms with van der Waals surface area (Å²) in [6.07, 6.45) is 5.80. The molecule has 2 saturated heterocycles. The monoisotopic (exact) mass is 516 g/mol. The molecule has 1 aromatic heterocycles. The summed E-state index contributed by atoms with van der Waals surface area (Å²) in [7, 11) is 0. The highest BCUT2D eigenvalue weighted by molar-refractivity contribution is 5.98. The van der Waals surface area contributed by atoms with Crippen LogP contribution in [0.15, 0.2) is 30.6 Å². The third-order valence-electron chi connectivity index (χ3n) is 7.23. The molecule has 37 heavy (non-hydrogen) atoms. The third-order valence-corrected chi connectivity index (χ3v) is 7.23. The molecule has 1 N–H and O–H groups in total. The number of piperidine rings is 1. The van der Waals surface area contributed by atoms with E-state index in [1.165, 1.54) is 36.4 Å². The molecule has 2 aromatic rings. The van der Waals surface area contributed by atoms with Gasteiger partial charge in [-0.05, 0) is 77.6 Å². The molecule has 0 aliphatic carbocycles. The summed E-state index contributed by atoms with van der Waals surface area (Å²) in [5.74, 6) is -1.34. The van der Waals surface area contributed by atoms with E-state index in [2.05, 4.69) is 14.9 Å². The summed E-state index contributed by atoms with van der Waals surface area (Å²) in [6, 6.07) is 4.08. The Bertz CT molecular complexity index is 1130.